The van der Waals surface area contributed by atoms with Crippen molar-refractivity contribution in [2.45, 2.75) is 31.4 Å². The van der Waals surface area contributed by atoms with E-state index in [0.717, 1.165) is 31.5 Å². The van der Waals surface area contributed by atoms with Crippen LogP contribution in [0.2, 0.25) is 0 Å². The number of piperidine rings is 1. The number of nitrogens with zero attached hydrogens (tertiary/aromatic N) is 1. The third-order valence-electron chi connectivity index (χ3n) is 3.88. The molecular formula is C16H24N2O4. The standard InChI is InChI=1S/C16H24N2O4/c1-18-7-3-4-12(10-18)22-15-9-11(5-6-14(15)21-2)8-13(17)16(19)20/h5-6,9,12-13H,3-4,7-8,10,17H2,1-2H3,(H,19,20). The van der Waals surface area contributed by atoms with E-state index in [1.165, 1.54) is 0 Å². The minimum absolute atomic E-state index is 0.121. The molecule has 1 aliphatic heterocycles. The first-order chi connectivity index (χ1) is 10.5. The van der Waals surface area contributed by atoms with E-state index < -0.39 is 12.0 Å². The van der Waals surface area contributed by atoms with E-state index in [0.29, 0.717) is 11.5 Å². The van der Waals surface area contributed by atoms with Crippen LogP contribution in [-0.4, -0.2) is 55.4 Å². The molecule has 1 aliphatic rings. The highest BCUT2D eigenvalue weighted by molar-refractivity contribution is 5.73. The van der Waals surface area contributed by atoms with E-state index >= 15 is 0 Å². The number of carboxylic acid groups (broad SMARTS) is 1. The molecule has 1 heterocycles. The summed E-state index contributed by atoms with van der Waals surface area (Å²) in [5.41, 5.74) is 6.42. The predicted molar refractivity (Wildman–Crippen MR) is 83.5 cm³/mol. The number of aliphatic carboxylic acids is 1. The summed E-state index contributed by atoms with van der Waals surface area (Å²) in [6, 6.07) is 4.53. The lowest BCUT2D eigenvalue weighted by molar-refractivity contribution is -0.138. The average molecular weight is 308 g/mol. The van der Waals surface area contributed by atoms with Gasteiger partial charge in [0.1, 0.15) is 12.1 Å². The molecule has 1 aromatic carbocycles. The SMILES string of the molecule is COc1ccc(CC(N)C(=O)O)cc1OC1CCCN(C)C1. The maximum absolute atomic E-state index is 10.9. The molecule has 2 unspecified atom stereocenters. The second-order valence-corrected chi connectivity index (χ2v) is 5.78. The Morgan fingerprint density at radius 3 is 2.91 bits per heavy atom. The fourth-order valence-corrected chi connectivity index (χ4v) is 2.68. The summed E-state index contributed by atoms with van der Waals surface area (Å²) >= 11 is 0. The van der Waals surface area contributed by atoms with Gasteiger partial charge in [0.05, 0.1) is 7.11 Å². The van der Waals surface area contributed by atoms with Crippen molar-refractivity contribution in [2.24, 2.45) is 5.73 Å². The number of benzene rings is 1. The van der Waals surface area contributed by atoms with Gasteiger partial charge in [0.2, 0.25) is 0 Å². The molecule has 0 aliphatic carbocycles. The Morgan fingerprint density at radius 2 is 2.27 bits per heavy atom. The second-order valence-electron chi connectivity index (χ2n) is 5.78. The van der Waals surface area contributed by atoms with Crippen molar-refractivity contribution >= 4 is 5.97 Å². The topological polar surface area (TPSA) is 85.0 Å². The number of nitrogens with two attached hydrogens (primary N) is 1. The summed E-state index contributed by atoms with van der Waals surface area (Å²) in [5.74, 6) is 0.297. The molecule has 122 valence electrons. The van der Waals surface area contributed by atoms with Crippen LogP contribution in [-0.2, 0) is 11.2 Å². The van der Waals surface area contributed by atoms with E-state index in [4.69, 9.17) is 20.3 Å². The van der Waals surface area contributed by atoms with Crippen molar-refractivity contribution in [3.8, 4) is 11.5 Å². The molecular weight excluding hydrogens is 284 g/mol. The van der Waals surface area contributed by atoms with Crippen molar-refractivity contribution in [3.63, 3.8) is 0 Å². The van der Waals surface area contributed by atoms with Crippen LogP contribution in [0.5, 0.6) is 11.5 Å². The highest BCUT2D eigenvalue weighted by Crippen LogP contribution is 2.30. The molecule has 22 heavy (non-hydrogen) atoms. The Kier molecular flexibility index (Phi) is 5.63. The minimum atomic E-state index is -1.01. The molecule has 6 heteroatoms. The predicted octanol–water partition coefficient (Wildman–Crippen LogP) is 1.12. The van der Waals surface area contributed by atoms with Crippen molar-refractivity contribution in [2.75, 3.05) is 27.2 Å². The Hall–Kier alpha value is -1.79. The highest BCUT2D eigenvalue weighted by atomic mass is 16.5. The maximum Gasteiger partial charge on any atom is 0.320 e. The zero-order valence-corrected chi connectivity index (χ0v) is 13.1. The zero-order chi connectivity index (χ0) is 16.1. The first kappa shape index (κ1) is 16.6. The Bertz CT molecular complexity index is 521. The van der Waals surface area contributed by atoms with E-state index in [-0.39, 0.29) is 12.5 Å². The molecule has 0 spiro atoms. The molecule has 6 nitrogen and oxygen atoms in total. The number of ether oxygens (including phenoxy) is 2. The van der Waals surface area contributed by atoms with Gasteiger partial charge in [0.15, 0.2) is 11.5 Å². The number of likely N-dealkylation sites (tertiary alicyclic amines) is 1. The molecule has 2 atom stereocenters. The van der Waals surface area contributed by atoms with Crippen LogP contribution in [0.3, 0.4) is 0 Å². The van der Waals surface area contributed by atoms with Gasteiger partial charge in [-0.2, -0.15) is 0 Å². The fraction of sp³-hybridized carbons (Fsp3) is 0.562. The van der Waals surface area contributed by atoms with Gasteiger partial charge in [0, 0.05) is 6.54 Å². The number of hydrogen-bond acceptors (Lipinski definition) is 5. The number of likely N-dealkylation sites (N-methyl/N-ethyl adjacent to an activating group) is 1. The maximum atomic E-state index is 10.9. The molecule has 0 aromatic heterocycles. The molecule has 3 N–H and O–H groups in total. The van der Waals surface area contributed by atoms with Crippen LogP contribution in [0.4, 0.5) is 0 Å². The van der Waals surface area contributed by atoms with E-state index in [1.54, 1.807) is 13.2 Å². The summed E-state index contributed by atoms with van der Waals surface area (Å²) in [6.07, 6.45) is 2.50. The third-order valence-corrected chi connectivity index (χ3v) is 3.88. The summed E-state index contributed by atoms with van der Waals surface area (Å²) in [6.45, 7) is 1.96. The van der Waals surface area contributed by atoms with E-state index in [1.807, 2.05) is 12.1 Å². The van der Waals surface area contributed by atoms with Crippen LogP contribution in [0, 0.1) is 0 Å². The van der Waals surface area contributed by atoms with Gasteiger partial charge < -0.3 is 25.2 Å². The van der Waals surface area contributed by atoms with Crippen molar-refractivity contribution in [1.82, 2.24) is 4.90 Å². The Labute approximate surface area is 130 Å². The molecule has 2 rings (SSSR count). The van der Waals surface area contributed by atoms with Crippen LogP contribution < -0.4 is 15.2 Å². The molecule has 1 aromatic rings. The van der Waals surface area contributed by atoms with Gasteiger partial charge in [-0.05, 0) is 50.6 Å². The Balaban J connectivity index is 2.11. The lowest BCUT2D eigenvalue weighted by atomic mass is 10.1. The van der Waals surface area contributed by atoms with Gasteiger partial charge in [0.25, 0.3) is 0 Å². The molecule has 0 amide bonds. The molecule has 1 fully saturated rings. The van der Waals surface area contributed by atoms with E-state index in [9.17, 15) is 4.79 Å². The quantitative estimate of drug-likeness (QED) is 0.819. The monoisotopic (exact) mass is 308 g/mol. The van der Waals surface area contributed by atoms with Crippen molar-refractivity contribution < 1.29 is 19.4 Å². The van der Waals surface area contributed by atoms with Crippen LogP contribution in [0.25, 0.3) is 0 Å². The normalized spacial score (nSPS) is 20.4. The van der Waals surface area contributed by atoms with Gasteiger partial charge in [-0.25, -0.2) is 0 Å². The number of methoxy groups -OCH3 is 1. The fourth-order valence-electron chi connectivity index (χ4n) is 2.68. The first-order valence-corrected chi connectivity index (χ1v) is 7.50. The van der Waals surface area contributed by atoms with Gasteiger partial charge in [-0.15, -0.1) is 0 Å². The summed E-state index contributed by atoms with van der Waals surface area (Å²) < 4.78 is 11.4. The van der Waals surface area contributed by atoms with Crippen molar-refractivity contribution in [1.29, 1.82) is 0 Å². The summed E-state index contributed by atoms with van der Waals surface area (Å²) in [5, 5.41) is 8.92. The number of carbonyl (C=O) groups is 1. The lowest BCUT2D eigenvalue weighted by Gasteiger charge is -2.30. The average Bonchev–Trinajstić information content (AvgIpc) is 2.47. The second kappa shape index (κ2) is 7.47. The van der Waals surface area contributed by atoms with E-state index in [2.05, 4.69) is 11.9 Å². The van der Waals surface area contributed by atoms with Gasteiger partial charge in [-0.3, -0.25) is 4.79 Å². The molecule has 1 saturated heterocycles. The smallest absolute Gasteiger partial charge is 0.320 e. The van der Waals surface area contributed by atoms with Crippen LogP contribution >= 0.6 is 0 Å². The highest BCUT2D eigenvalue weighted by Gasteiger charge is 2.21. The van der Waals surface area contributed by atoms with Gasteiger partial charge >= 0.3 is 5.97 Å². The largest absolute Gasteiger partial charge is 0.493 e. The summed E-state index contributed by atoms with van der Waals surface area (Å²) in [7, 11) is 3.67. The van der Waals surface area contributed by atoms with Crippen LogP contribution in [0.15, 0.2) is 18.2 Å². The zero-order valence-electron chi connectivity index (χ0n) is 13.1. The minimum Gasteiger partial charge on any atom is -0.493 e. The van der Waals surface area contributed by atoms with Gasteiger partial charge in [-0.1, -0.05) is 6.07 Å². The summed E-state index contributed by atoms with van der Waals surface area (Å²) in [4.78, 5) is 13.1. The molecule has 0 bridgehead atoms. The molecule has 0 radical (unpaired) electrons. The third kappa shape index (κ3) is 4.35. The number of carboxylic acids is 1. The lowest BCUT2D eigenvalue weighted by Crippen LogP contribution is -2.38. The first-order valence-electron chi connectivity index (χ1n) is 7.50. The van der Waals surface area contributed by atoms with Crippen LogP contribution in [0.1, 0.15) is 18.4 Å². The van der Waals surface area contributed by atoms with Crippen molar-refractivity contribution in [3.05, 3.63) is 23.8 Å². The Morgan fingerprint density at radius 1 is 1.50 bits per heavy atom. The number of rotatable bonds is 6. The number of hydrogen-bond donors (Lipinski definition) is 2. The molecule has 0 saturated carbocycles.